The van der Waals surface area contributed by atoms with E-state index in [1.54, 1.807) is 0 Å². The van der Waals surface area contributed by atoms with Gasteiger partial charge in [-0.25, -0.2) is 0 Å². The number of ether oxygens (including phenoxy) is 4. The van der Waals surface area contributed by atoms with Crippen LogP contribution in [0.2, 0.25) is 0 Å². The molecular weight excluding hydrogens is 741 g/mol. The molecule has 1 saturated heterocycles. The van der Waals surface area contributed by atoms with Gasteiger partial charge in [-0.05, 0) is 64.2 Å². The van der Waals surface area contributed by atoms with Crippen LogP contribution in [0.3, 0.4) is 0 Å². The van der Waals surface area contributed by atoms with Crippen molar-refractivity contribution >= 4 is 22.1 Å². The first-order valence-corrected chi connectivity index (χ1v) is 23.5. The average molecular weight is 819 g/mol. The molecule has 0 spiro atoms. The van der Waals surface area contributed by atoms with E-state index in [4.69, 9.17) is 18.9 Å². The number of esters is 2. The van der Waals surface area contributed by atoms with Gasteiger partial charge in [0.1, 0.15) is 36.8 Å². The predicted octanol–water partition coefficient (Wildman–Crippen LogP) is 8.45. The zero-order valence-corrected chi connectivity index (χ0v) is 35.6. The molecule has 13 heteroatoms. The normalized spacial score (nSPS) is 20.9. The van der Waals surface area contributed by atoms with Crippen molar-refractivity contribution < 1.29 is 56.8 Å². The molecule has 0 aromatic carbocycles. The minimum Gasteiger partial charge on any atom is -0.462 e. The Bertz CT molecular complexity index is 1140. The van der Waals surface area contributed by atoms with E-state index >= 15 is 0 Å². The lowest BCUT2D eigenvalue weighted by atomic mass is 10.00. The Morgan fingerprint density at radius 3 is 1.52 bits per heavy atom. The lowest BCUT2D eigenvalue weighted by Gasteiger charge is -2.40. The molecule has 1 heterocycles. The summed E-state index contributed by atoms with van der Waals surface area (Å²) in [5, 5.41) is 30.8. The smallest absolute Gasteiger partial charge is 0.306 e. The monoisotopic (exact) mass is 819 g/mol. The third kappa shape index (κ3) is 28.5. The Hall–Kier alpha value is -1.87. The van der Waals surface area contributed by atoms with Gasteiger partial charge in [-0.15, -0.1) is 0 Å². The van der Waals surface area contributed by atoms with Crippen LogP contribution in [0.15, 0.2) is 24.3 Å². The van der Waals surface area contributed by atoms with Gasteiger partial charge in [0.05, 0.1) is 6.61 Å². The molecule has 0 aromatic rings. The number of hydrogen-bond donors (Lipinski definition) is 4. The average Bonchev–Trinajstić information content (AvgIpc) is 3.16. The Labute approximate surface area is 338 Å². The molecule has 2 unspecified atom stereocenters. The number of aliphatic hydroxyl groups excluding tert-OH is 3. The summed E-state index contributed by atoms with van der Waals surface area (Å²) >= 11 is 0. The molecule has 0 bridgehead atoms. The van der Waals surface area contributed by atoms with Gasteiger partial charge in [0, 0.05) is 12.8 Å². The van der Waals surface area contributed by atoms with E-state index in [2.05, 4.69) is 38.2 Å². The third-order valence-electron chi connectivity index (χ3n) is 10.0. The summed E-state index contributed by atoms with van der Waals surface area (Å²) in [6, 6.07) is 0. The van der Waals surface area contributed by atoms with E-state index in [1.807, 2.05) is 0 Å². The zero-order chi connectivity index (χ0) is 41.3. The largest absolute Gasteiger partial charge is 0.462 e. The maximum Gasteiger partial charge on any atom is 0.306 e. The van der Waals surface area contributed by atoms with Gasteiger partial charge < -0.3 is 34.3 Å². The Morgan fingerprint density at radius 2 is 1.02 bits per heavy atom. The highest BCUT2D eigenvalue weighted by Gasteiger charge is 2.46. The first-order valence-electron chi connectivity index (χ1n) is 21.9. The van der Waals surface area contributed by atoms with E-state index in [0.29, 0.717) is 12.8 Å². The van der Waals surface area contributed by atoms with Crippen LogP contribution in [0.25, 0.3) is 0 Å². The number of aliphatic hydroxyl groups is 3. The highest BCUT2D eigenvalue weighted by Crippen LogP contribution is 2.24. The topological polar surface area (TPSA) is 186 Å². The molecular formula is C43H78O12S. The number of carbonyl (C=O) groups is 2. The minimum atomic E-state index is -4.60. The van der Waals surface area contributed by atoms with Gasteiger partial charge in [-0.1, -0.05) is 128 Å². The maximum absolute atomic E-state index is 12.8. The third-order valence-corrected chi connectivity index (χ3v) is 10.8. The van der Waals surface area contributed by atoms with Gasteiger partial charge in [0.2, 0.25) is 0 Å². The van der Waals surface area contributed by atoms with Crippen molar-refractivity contribution in [2.24, 2.45) is 0 Å². The van der Waals surface area contributed by atoms with Gasteiger partial charge in [0.15, 0.2) is 12.4 Å². The fourth-order valence-electron chi connectivity index (χ4n) is 6.55. The van der Waals surface area contributed by atoms with Crippen LogP contribution >= 0.6 is 0 Å². The van der Waals surface area contributed by atoms with Crippen LogP contribution < -0.4 is 0 Å². The summed E-state index contributed by atoms with van der Waals surface area (Å²) in [7, 11) is -4.60. The summed E-state index contributed by atoms with van der Waals surface area (Å²) in [6.07, 6.45) is 26.6. The van der Waals surface area contributed by atoms with Gasteiger partial charge >= 0.3 is 11.9 Å². The summed E-state index contributed by atoms with van der Waals surface area (Å²) in [6.45, 7) is 3.71. The number of hydrogen-bond acceptors (Lipinski definition) is 11. The molecule has 0 amide bonds. The van der Waals surface area contributed by atoms with Gasteiger partial charge in [0.25, 0.3) is 10.1 Å². The first-order chi connectivity index (χ1) is 27.0. The number of carbonyl (C=O) groups excluding carboxylic acids is 2. The molecule has 6 atom stereocenters. The Balaban J connectivity index is 2.49. The Morgan fingerprint density at radius 1 is 0.589 bits per heavy atom. The summed E-state index contributed by atoms with van der Waals surface area (Å²) in [4.78, 5) is 25.3. The Kier molecular flexibility index (Phi) is 31.7. The molecule has 1 aliphatic heterocycles. The van der Waals surface area contributed by atoms with Gasteiger partial charge in [-0.2, -0.15) is 8.42 Å². The quantitative estimate of drug-likeness (QED) is 0.0205. The number of unbranched alkanes of at least 4 members (excludes halogenated alkanes) is 20. The van der Waals surface area contributed by atoms with E-state index in [-0.39, 0.29) is 19.4 Å². The van der Waals surface area contributed by atoms with Crippen LogP contribution in [-0.2, 0) is 38.7 Å². The van der Waals surface area contributed by atoms with E-state index in [1.165, 1.54) is 96.3 Å². The maximum atomic E-state index is 12.8. The zero-order valence-electron chi connectivity index (χ0n) is 34.7. The first kappa shape index (κ1) is 52.1. The van der Waals surface area contributed by atoms with Crippen LogP contribution in [0.5, 0.6) is 0 Å². The van der Waals surface area contributed by atoms with Crippen molar-refractivity contribution in [1.29, 1.82) is 0 Å². The molecule has 1 fully saturated rings. The minimum absolute atomic E-state index is 0.133. The van der Waals surface area contributed by atoms with E-state index in [0.717, 1.165) is 44.9 Å². The summed E-state index contributed by atoms with van der Waals surface area (Å²) < 4.78 is 53.9. The molecule has 4 N–H and O–H groups in total. The van der Waals surface area contributed by atoms with Crippen molar-refractivity contribution in [3.8, 4) is 0 Å². The second-order valence-corrected chi connectivity index (χ2v) is 16.9. The highest BCUT2D eigenvalue weighted by atomic mass is 32.2. The SMILES string of the molecule is CCCCCCCC/C=C/CCCCCC(=O)OC[C@H](CO[C@H]1O[C@H](CS(=O)(=O)O)[C@@H](O)C(O)C1O)OC(=O)CCCC/C=C/CCCCCCCCCCC. The fraction of sp³-hybridized carbons (Fsp3) is 0.860. The molecule has 12 nitrogen and oxygen atoms in total. The van der Waals surface area contributed by atoms with Crippen LogP contribution in [0.1, 0.15) is 181 Å². The van der Waals surface area contributed by atoms with E-state index in [9.17, 15) is 37.9 Å². The van der Waals surface area contributed by atoms with Crippen molar-refractivity contribution in [2.75, 3.05) is 19.0 Å². The van der Waals surface area contributed by atoms with Crippen molar-refractivity contribution in [2.45, 2.75) is 218 Å². The number of allylic oxidation sites excluding steroid dienone is 4. The van der Waals surface area contributed by atoms with Crippen molar-refractivity contribution in [3.05, 3.63) is 24.3 Å². The summed E-state index contributed by atoms with van der Waals surface area (Å²) in [5.74, 6) is -2.03. The van der Waals surface area contributed by atoms with Gasteiger partial charge in [-0.3, -0.25) is 14.1 Å². The summed E-state index contributed by atoms with van der Waals surface area (Å²) in [5.41, 5.74) is 0. The molecule has 0 saturated carbocycles. The fourth-order valence-corrected chi connectivity index (χ4v) is 7.24. The predicted molar refractivity (Wildman–Crippen MR) is 220 cm³/mol. The second kappa shape index (κ2) is 34.0. The molecule has 0 aromatic heterocycles. The molecule has 56 heavy (non-hydrogen) atoms. The lowest BCUT2D eigenvalue weighted by Crippen LogP contribution is -2.60. The van der Waals surface area contributed by atoms with Crippen molar-refractivity contribution in [3.63, 3.8) is 0 Å². The lowest BCUT2D eigenvalue weighted by molar-refractivity contribution is -0.297. The molecule has 1 rings (SSSR count). The van der Waals surface area contributed by atoms with Crippen LogP contribution in [0, 0.1) is 0 Å². The standard InChI is InChI=1S/C43H78O12S/c1-3-5-7-9-11-13-15-17-18-20-22-24-26-28-30-32-39(45)54-36(34-53-43-42(48)41(47)40(46)37(55-43)35-56(49,50)51)33-52-38(44)31-29-27-25-23-21-19-16-14-12-10-8-6-4-2/h19,21-22,24,36-37,40-43,46-48H,3-18,20,23,25-35H2,1-2H3,(H,49,50,51)/b21-19+,24-22+/t36-,37-,40-,41?,42?,43+/m1/s1. The molecule has 0 aliphatic carbocycles. The number of rotatable bonds is 36. The van der Waals surface area contributed by atoms with Crippen LogP contribution in [-0.4, -0.2) is 96.0 Å². The van der Waals surface area contributed by atoms with E-state index < -0.39 is 71.2 Å². The second-order valence-electron chi connectivity index (χ2n) is 15.4. The molecule has 1 aliphatic rings. The molecule has 0 radical (unpaired) electrons. The highest BCUT2D eigenvalue weighted by molar-refractivity contribution is 7.85. The molecule has 328 valence electrons. The van der Waals surface area contributed by atoms with Crippen LogP contribution in [0.4, 0.5) is 0 Å². The van der Waals surface area contributed by atoms with Crippen molar-refractivity contribution in [1.82, 2.24) is 0 Å².